The van der Waals surface area contributed by atoms with Gasteiger partial charge in [0.15, 0.2) is 9.84 Å². The van der Waals surface area contributed by atoms with Crippen LogP contribution in [0.4, 0.5) is 0 Å². The van der Waals surface area contributed by atoms with Crippen molar-refractivity contribution in [3.63, 3.8) is 0 Å². The smallest absolute Gasteiger partial charge is 0.336 e. The second-order valence-corrected chi connectivity index (χ2v) is 6.12. The molecule has 0 aromatic heterocycles. The molecule has 3 N–H and O–H groups in total. The van der Waals surface area contributed by atoms with Crippen LogP contribution in [0, 0.1) is 0 Å². The van der Waals surface area contributed by atoms with E-state index in [1.54, 1.807) is 6.92 Å². The van der Waals surface area contributed by atoms with E-state index in [1.807, 2.05) is 0 Å². The van der Waals surface area contributed by atoms with E-state index in [-0.39, 0.29) is 16.9 Å². The lowest BCUT2D eigenvalue weighted by molar-refractivity contribution is -0.117. The Kier molecular flexibility index (Phi) is 4.66. The summed E-state index contributed by atoms with van der Waals surface area (Å²) in [6.45, 7) is 1.78. The number of aryl methyl sites for hydroxylation is 1. The summed E-state index contributed by atoms with van der Waals surface area (Å²) in [6, 6.07) is 3.94. The van der Waals surface area contributed by atoms with Crippen LogP contribution in [-0.2, 0) is 21.1 Å². The average Bonchev–Trinajstić information content (AvgIpc) is 2.35. The predicted molar refractivity (Wildman–Crippen MR) is 68.6 cm³/mol. The van der Waals surface area contributed by atoms with Crippen molar-refractivity contribution in [3.8, 4) is 0 Å². The van der Waals surface area contributed by atoms with E-state index in [1.165, 1.54) is 12.1 Å². The summed E-state index contributed by atoms with van der Waals surface area (Å²) in [7, 11) is -3.70. The molecule has 104 valence electrons. The van der Waals surface area contributed by atoms with Gasteiger partial charge in [-0.05, 0) is 24.1 Å². The van der Waals surface area contributed by atoms with Gasteiger partial charge in [-0.3, -0.25) is 4.79 Å². The number of carboxylic acid groups (broad SMARTS) is 1. The van der Waals surface area contributed by atoms with Crippen molar-refractivity contribution in [1.29, 1.82) is 0 Å². The first-order valence-electron chi connectivity index (χ1n) is 5.65. The molecule has 0 spiro atoms. The van der Waals surface area contributed by atoms with Gasteiger partial charge >= 0.3 is 5.97 Å². The lowest BCUT2D eigenvalue weighted by Crippen LogP contribution is -2.17. The van der Waals surface area contributed by atoms with E-state index < -0.39 is 27.5 Å². The molecule has 0 atom stereocenters. The molecule has 7 heteroatoms. The largest absolute Gasteiger partial charge is 0.478 e. The summed E-state index contributed by atoms with van der Waals surface area (Å²) in [5, 5.41) is 9.04. The minimum atomic E-state index is -3.70. The van der Waals surface area contributed by atoms with Crippen LogP contribution in [0.15, 0.2) is 23.1 Å². The number of aromatic carboxylic acids is 1. The lowest BCUT2D eigenvalue weighted by Gasteiger charge is -2.08. The molecule has 0 aliphatic carbocycles. The molecule has 1 aromatic carbocycles. The number of carbonyl (C=O) groups excluding carboxylic acids is 1. The quantitative estimate of drug-likeness (QED) is 0.794. The minimum Gasteiger partial charge on any atom is -0.478 e. The molecule has 1 amide bonds. The number of benzene rings is 1. The molecule has 0 unspecified atom stereocenters. The standard InChI is InChI=1S/C12H15NO5S/c1-2-8-3-4-9(7-10(8)12(15)16)19(17,18)6-5-11(13)14/h3-4,7H,2,5-6H2,1H3,(H2,13,14)(H,15,16). The fourth-order valence-electron chi connectivity index (χ4n) is 1.61. The molecule has 1 aromatic rings. The molecular formula is C12H15NO5S. The maximum Gasteiger partial charge on any atom is 0.336 e. The number of hydrogen-bond donors (Lipinski definition) is 2. The zero-order valence-electron chi connectivity index (χ0n) is 10.4. The Morgan fingerprint density at radius 2 is 1.95 bits per heavy atom. The predicted octanol–water partition coefficient (Wildman–Crippen LogP) is 0.596. The Bertz CT molecular complexity index is 607. The third-order valence-electron chi connectivity index (χ3n) is 2.67. The molecule has 0 saturated heterocycles. The van der Waals surface area contributed by atoms with Crippen molar-refractivity contribution < 1.29 is 23.1 Å². The number of carboxylic acids is 1. The highest BCUT2D eigenvalue weighted by molar-refractivity contribution is 7.91. The van der Waals surface area contributed by atoms with Crippen molar-refractivity contribution in [2.45, 2.75) is 24.7 Å². The number of carbonyl (C=O) groups is 2. The van der Waals surface area contributed by atoms with E-state index in [0.29, 0.717) is 12.0 Å². The van der Waals surface area contributed by atoms with Crippen molar-refractivity contribution in [3.05, 3.63) is 29.3 Å². The number of rotatable bonds is 6. The summed E-state index contributed by atoms with van der Waals surface area (Å²) in [6.07, 6.45) is 0.198. The monoisotopic (exact) mass is 285 g/mol. The van der Waals surface area contributed by atoms with Crippen LogP contribution >= 0.6 is 0 Å². The first-order chi connectivity index (χ1) is 8.77. The van der Waals surface area contributed by atoms with E-state index in [0.717, 1.165) is 6.07 Å². The molecule has 0 aliphatic rings. The number of hydrogen-bond acceptors (Lipinski definition) is 4. The van der Waals surface area contributed by atoms with Gasteiger partial charge in [-0.15, -0.1) is 0 Å². The second-order valence-electron chi connectivity index (χ2n) is 4.01. The topological polar surface area (TPSA) is 115 Å². The van der Waals surface area contributed by atoms with Crippen molar-refractivity contribution in [2.24, 2.45) is 5.73 Å². The van der Waals surface area contributed by atoms with Crippen LogP contribution in [0.5, 0.6) is 0 Å². The normalized spacial score (nSPS) is 11.2. The van der Waals surface area contributed by atoms with Gasteiger partial charge in [0.05, 0.1) is 16.2 Å². The molecule has 0 bridgehead atoms. The first-order valence-corrected chi connectivity index (χ1v) is 7.30. The fourth-order valence-corrected chi connectivity index (χ4v) is 2.89. The van der Waals surface area contributed by atoms with Crippen LogP contribution in [-0.4, -0.2) is 31.2 Å². The summed E-state index contributed by atoms with van der Waals surface area (Å²) in [5.41, 5.74) is 5.42. The molecule has 6 nitrogen and oxygen atoms in total. The van der Waals surface area contributed by atoms with Crippen LogP contribution in [0.2, 0.25) is 0 Å². The van der Waals surface area contributed by atoms with Gasteiger partial charge in [-0.1, -0.05) is 13.0 Å². The SMILES string of the molecule is CCc1ccc(S(=O)(=O)CCC(N)=O)cc1C(=O)O. The third kappa shape index (κ3) is 3.78. The number of nitrogens with two attached hydrogens (primary N) is 1. The second kappa shape index (κ2) is 5.83. The van der Waals surface area contributed by atoms with Crippen LogP contribution < -0.4 is 5.73 Å². The van der Waals surface area contributed by atoms with Gasteiger partial charge in [-0.2, -0.15) is 0 Å². The summed E-state index contributed by atoms with van der Waals surface area (Å²) < 4.78 is 23.8. The molecule has 0 saturated carbocycles. The average molecular weight is 285 g/mol. The Balaban J connectivity index is 3.18. The number of amides is 1. The van der Waals surface area contributed by atoms with Gasteiger partial charge in [0.2, 0.25) is 5.91 Å². The Hall–Kier alpha value is -1.89. The zero-order chi connectivity index (χ0) is 14.6. The van der Waals surface area contributed by atoms with Crippen molar-refractivity contribution in [1.82, 2.24) is 0 Å². The fraction of sp³-hybridized carbons (Fsp3) is 0.333. The first kappa shape index (κ1) is 15.2. The van der Waals surface area contributed by atoms with Gasteiger partial charge < -0.3 is 10.8 Å². The minimum absolute atomic E-state index is 0.0392. The maximum atomic E-state index is 11.9. The summed E-state index contributed by atoms with van der Waals surface area (Å²) in [4.78, 5) is 21.6. The van der Waals surface area contributed by atoms with E-state index in [2.05, 4.69) is 0 Å². The molecule has 19 heavy (non-hydrogen) atoms. The van der Waals surface area contributed by atoms with Gasteiger partial charge in [-0.25, -0.2) is 13.2 Å². The third-order valence-corrected chi connectivity index (χ3v) is 4.38. The summed E-state index contributed by atoms with van der Waals surface area (Å²) in [5.74, 6) is -2.32. The van der Waals surface area contributed by atoms with Crippen LogP contribution in [0.1, 0.15) is 29.3 Å². The lowest BCUT2D eigenvalue weighted by atomic mass is 10.1. The molecular weight excluding hydrogens is 270 g/mol. The van der Waals surface area contributed by atoms with Crippen LogP contribution in [0.3, 0.4) is 0 Å². The van der Waals surface area contributed by atoms with Crippen molar-refractivity contribution in [2.75, 3.05) is 5.75 Å². The Labute approximate surface area is 111 Å². The highest BCUT2D eigenvalue weighted by atomic mass is 32.2. The zero-order valence-corrected chi connectivity index (χ0v) is 11.2. The van der Waals surface area contributed by atoms with E-state index in [9.17, 15) is 18.0 Å². The summed E-state index contributed by atoms with van der Waals surface area (Å²) >= 11 is 0. The molecule has 0 fully saturated rings. The van der Waals surface area contributed by atoms with E-state index >= 15 is 0 Å². The Morgan fingerprint density at radius 3 is 2.42 bits per heavy atom. The van der Waals surface area contributed by atoms with Crippen molar-refractivity contribution >= 4 is 21.7 Å². The maximum absolute atomic E-state index is 11.9. The van der Waals surface area contributed by atoms with Gasteiger partial charge in [0, 0.05) is 6.42 Å². The van der Waals surface area contributed by atoms with Gasteiger partial charge in [0.25, 0.3) is 0 Å². The number of primary amides is 1. The molecule has 0 radical (unpaired) electrons. The van der Waals surface area contributed by atoms with Gasteiger partial charge in [0.1, 0.15) is 0 Å². The highest BCUT2D eigenvalue weighted by Gasteiger charge is 2.19. The molecule has 0 heterocycles. The number of sulfone groups is 1. The van der Waals surface area contributed by atoms with E-state index in [4.69, 9.17) is 10.8 Å². The highest BCUT2D eigenvalue weighted by Crippen LogP contribution is 2.18. The van der Waals surface area contributed by atoms with Crippen LogP contribution in [0.25, 0.3) is 0 Å². The molecule has 1 rings (SSSR count). The Morgan fingerprint density at radius 1 is 1.32 bits per heavy atom. The molecule has 0 aliphatic heterocycles.